The number of hydrogen-bond acceptors (Lipinski definition) is 4. The van der Waals surface area contributed by atoms with E-state index >= 15 is 0 Å². The molecule has 158 valence electrons. The largest absolute Gasteiger partial charge is 0.480 e. The maximum atomic E-state index is 13.2. The Balaban J connectivity index is 1.93. The van der Waals surface area contributed by atoms with Crippen molar-refractivity contribution < 1.29 is 9.90 Å². The van der Waals surface area contributed by atoms with Gasteiger partial charge in [-0.2, -0.15) is 9.78 Å². The molecule has 31 heavy (non-hydrogen) atoms. The number of benzene rings is 2. The Morgan fingerprint density at radius 2 is 1.97 bits per heavy atom. The van der Waals surface area contributed by atoms with E-state index in [1.165, 1.54) is 4.68 Å². The number of fused-ring (bicyclic) bond motifs is 2. The summed E-state index contributed by atoms with van der Waals surface area (Å²) in [6, 6.07) is 13.0. The molecule has 7 nitrogen and oxygen atoms in total. The lowest BCUT2D eigenvalue weighted by Crippen LogP contribution is -2.23. The number of rotatable bonds is 5. The maximum absolute atomic E-state index is 13.2. The lowest BCUT2D eigenvalue weighted by molar-refractivity contribution is -0.137. The van der Waals surface area contributed by atoms with Crippen molar-refractivity contribution in [2.24, 2.45) is 5.10 Å². The molecule has 1 N–H and O–H groups in total. The third-order valence-corrected chi connectivity index (χ3v) is 5.72. The van der Waals surface area contributed by atoms with Crippen LogP contribution in [0.15, 0.2) is 56.8 Å². The SMILES string of the molecule is Cc1c(C=Nn2c(C(C)C)nc3ccc(Br)cc3c2=O)c2ccccc2n1CC(=O)O. The van der Waals surface area contributed by atoms with Crippen LogP contribution in [0.2, 0.25) is 0 Å². The summed E-state index contributed by atoms with van der Waals surface area (Å²) in [7, 11) is 0. The van der Waals surface area contributed by atoms with Gasteiger partial charge in [0.1, 0.15) is 12.4 Å². The third-order valence-electron chi connectivity index (χ3n) is 5.23. The van der Waals surface area contributed by atoms with Gasteiger partial charge in [0.05, 0.1) is 17.1 Å². The van der Waals surface area contributed by atoms with Gasteiger partial charge in [0.25, 0.3) is 5.56 Å². The van der Waals surface area contributed by atoms with Gasteiger partial charge in [-0.15, -0.1) is 0 Å². The van der Waals surface area contributed by atoms with Gasteiger partial charge in [0.2, 0.25) is 0 Å². The second-order valence-electron chi connectivity index (χ2n) is 7.64. The van der Waals surface area contributed by atoms with Crippen molar-refractivity contribution in [1.29, 1.82) is 0 Å². The first kappa shape index (κ1) is 21.0. The monoisotopic (exact) mass is 480 g/mol. The Hall–Kier alpha value is -3.26. The van der Waals surface area contributed by atoms with Crippen molar-refractivity contribution in [2.45, 2.75) is 33.2 Å². The normalized spacial score (nSPS) is 11.9. The summed E-state index contributed by atoms with van der Waals surface area (Å²) < 4.78 is 3.86. The van der Waals surface area contributed by atoms with E-state index in [0.717, 1.165) is 26.6 Å². The predicted octanol–water partition coefficient (Wildman–Crippen LogP) is 4.51. The van der Waals surface area contributed by atoms with E-state index < -0.39 is 5.97 Å². The zero-order chi connectivity index (χ0) is 22.3. The van der Waals surface area contributed by atoms with E-state index in [0.29, 0.717) is 16.7 Å². The van der Waals surface area contributed by atoms with Crippen LogP contribution in [0.1, 0.15) is 36.8 Å². The summed E-state index contributed by atoms with van der Waals surface area (Å²) in [5.41, 5.74) is 2.72. The topological polar surface area (TPSA) is 89.5 Å². The Bertz CT molecular complexity index is 1420. The maximum Gasteiger partial charge on any atom is 0.323 e. The van der Waals surface area contributed by atoms with Gasteiger partial charge in [-0.05, 0) is 31.2 Å². The molecular formula is C23H21BrN4O3. The average molecular weight is 481 g/mol. The molecule has 0 spiro atoms. The van der Waals surface area contributed by atoms with E-state index in [-0.39, 0.29) is 18.0 Å². The van der Waals surface area contributed by atoms with Crippen LogP contribution < -0.4 is 5.56 Å². The van der Waals surface area contributed by atoms with Gasteiger partial charge in [0.15, 0.2) is 0 Å². The molecule has 0 saturated heterocycles. The fraction of sp³-hybridized carbons (Fsp3) is 0.217. The molecule has 4 rings (SSSR count). The number of halogens is 1. The van der Waals surface area contributed by atoms with Gasteiger partial charge in [-0.25, -0.2) is 4.98 Å². The minimum atomic E-state index is -0.921. The second-order valence-corrected chi connectivity index (χ2v) is 8.56. The van der Waals surface area contributed by atoms with E-state index in [4.69, 9.17) is 0 Å². The fourth-order valence-electron chi connectivity index (χ4n) is 3.73. The minimum Gasteiger partial charge on any atom is -0.480 e. The van der Waals surface area contributed by atoms with Crippen molar-refractivity contribution in [3.8, 4) is 0 Å². The van der Waals surface area contributed by atoms with Gasteiger partial charge >= 0.3 is 5.97 Å². The highest BCUT2D eigenvalue weighted by atomic mass is 79.9. The molecule has 2 aromatic carbocycles. The molecule has 0 radical (unpaired) electrons. The minimum absolute atomic E-state index is 0.0210. The average Bonchev–Trinajstić information content (AvgIpc) is 2.98. The zero-order valence-electron chi connectivity index (χ0n) is 17.3. The molecule has 0 aliphatic carbocycles. The summed E-state index contributed by atoms with van der Waals surface area (Å²) in [5, 5.41) is 15.2. The van der Waals surface area contributed by atoms with Crippen LogP contribution in [0, 0.1) is 6.92 Å². The molecular weight excluding hydrogens is 460 g/mol. The van der Waals surface area contributed by atoms with Crippen LogP contribution in [0.3, 0.4) is 0 Å². The lowest BCUT2D eigenvalue weighted by atomic mass is 10.1. The Kier molecular flexibility index (Phi) is 5.49. The molecule has 0 fully saturated rings. The molecule has 0 bridgehead atoms. The van der Waals surface area contributed by atoms with E-state index in [9.17, 15) is 14.7 Å². The van der Waals surface area contributed by atoms with Crippen LogP contribution in [0.4, 0.5) is 0 Å². The molecule has 0 amide bonds. The smallest absolute Gasteiger partial charge is 0.323 e. The first-order chi connectivity index (χ1) is 14.8. The van der Waals surface area contributed by atoms with Gasteiger partial charge in [-0.1, -0.05) is 48.0 Å². The molecule has 0 saturated carbocycles. The van der Waals surface area contributed by atoms with E-state index in [1.54, 1.807) is 16.8 Å². The predicted molar refractivity (Wildman–Crippen MR) is 125 cm³/mol. The van der Waals surface area contributed by atoms with Crippen LogP contribution in [-0.2, 0) is 11.3 Å². The van der Waals surface area contributed by atoms with Crippen molar-refractivity contribution in [1.82, 2.24) is 14.2 Å². The van der Waals surface area contributed by atoms with Gasteiger partial charge < -0.3 is 9.67 Å². The van der Waals surface area contributed by atoms with Crippen LogP contribution >= 0.6 is 15.9 Å². The summed E-state index contributed by atoms with van der Waals surface area (Å²) >= 11 is 3.41. The molecule has 2 aromatic heterocycles. The number of para-hydroxylation sites is 1. The highest BCUT2D eigenvalue weighted by Crippen LogP contribution is 2.25. The van der Waals surface area contributed by atoms with Crippen LogP contribution in [0.25, 0.3) is 21.8 Å². The standard InChI is InChI=1S/C23H21BrN4O3/c1-13(2)22-26-19-9-8-15(24)10-17(19)23(31)28(22)25-11-18-14(3)27(12-21(29)30)20-7-5-4-6-16(18)20/h4-11,13H,12H2,1-3H3,(H,29,30). The molecule has 4 aromatic rings. The molecule has 8 heteroatoms. The number of nitrogens with zero attached hydrogens (tertiary/aromatic N) is 4. The highest BCUT2D eigenvalue weighted by molar-refractivity contribution is 9.10. The van der Waals surface area contributed by atoms with Crippen molar-refractivity contribution in [3.05, 3.63) is 74.4 Å². The van der Waals surface area contributed by atoms with Crippen LogP contribution in [-0.4, -0.2) is 31.5 Å². The second kappa shape index (κ2) is 8.11. The summed E-state index contributed by atoms with van der Waals surface area (Å²) in [4.78, 5) is 29.3. The molecule has 0 unspecified atom stereocenters. The Labute approximate surface area is 186 Å². The summed E-state index contributed by atoms with van der Waals surface area (Å²) in [5.74, 6) is -0.384. The number of aliphatic carboxylic acids is 1. The van der Waals surface area contributed by atoms with Crippen molar-refractivity contribution in [2.75, 3.05) is 0 Å². The van der Waals surface area contributed by atoms with Crippen molar-refractivity contribution >= 4 is 49.9 Å². The Morgan fingerprint density at radius 3 is 2.68 bits per heavy atom. The third kappa shape index (κ3) is 3.79. The summed E-state index contributed by atoms with van der Waals surface area (Å²) in [6.07, 6.45) is 1.62. The number of carboxylic acids is 1. The molecule has 2 heterocycles. The summed E-state index contributed by atoms with van der Waals surface area (Å²) in [6.45, 7) is 5.63. The molecule has 0 aliphatic rings. The molecule has 0 atom stereocenters. The van der Waals surface area contributed by atoms with Gasteiger partial charge in [-0.3, -0.25) is 9.59 Å². The first-order valence-electron chi connectivity index (χ1n) is 9.84. The molecule has 0 aliphatic heterocycles. The first-order valence-corrected chi connectivity index (χ1v) is 10.6. The number of carbonyl (C=O) groups is 1. The number of aromatic nitrogens is 3. The highest BCUT2D eigenvalue weighted by Gasteiger charge is 2.16. The quantitative estimate of drug-likeness (QED) is 0.425. The van der Waals surface area contributed by atoms with Crippen LogP contribution in [0.5, 0.6) is 0 Å². The fourth-order valence-corrected chi connectivity index (χ4v) is 4.09. The zero-order valence-corrected chi connectivity index (χ0v) is 18.9. The van der Waals surface area contributed by atoms with Gasteiger partial charge in [0, 0.05) is 32.6 Å². The van der Waals surface area contributed by atoms with E-state index in [2.05, 4.69) is 26.0 Å². The van der Waals surface area contributed by atoms with E-state index in [1.807, 2.05) is 57.2 Å². The number of carboxylic acid groups (broad SMARTS) is 1. The Morgan fingerprint density at radius 1 is 1.23 bits per heavy atom. The van der Waals surface area contributed by atoms with Crippen molar-refractivity contribution in [3.63, 3.8) is 0 Å². The lowest BCUT2D eigenvalue weighted by Gasteiger charge is -2.12. The number of hydrogen-bond donors (Lipinski definition) is 1.